The van der Waals surface area contributed by atoms with Crippen LogP contribution in [0.2, 0.25) is 0 Å². The Morgan fingerprint density at radius 2 is 2.31 bits per heavy atom. The number of hydrogen-bond donors (Lipinski definition) is 1. The highest BCUT2D eigenvalue weighted by Crippen LogP contribution is 2.29. The molecular formula is C10H16N2S. The minimum atomic E-state index is 0.231. The lowest BCUT2D eigenvalue weighted by atomic mass is 9.99. The minimum absolute atomic E-state index is 0.231. The van der Waals surface area contributed by atoms with Gasteiger partial charge in [-0.3, -0.25) is 4.90 Å². The molecule has 0 saturated carbocycles. The summed E-state index contributed by atoms with van der Waals surface area (Å²) < 4.78 is 0. The molecule has 0 radical (unpaired) electrons. The molecule has 0 amide bonds. The summed E-state index contributed by atoms with van der Waals surface area (Å²) in [6.07, 6.45) is 1.33. The summed E-state index contributed by atoms with van der Waals surface area (Å²) in [6.45, 7) is 4.52. The lowest BCUT2D eigenvalue weighted by Gasteiger charge is -2.40. The quantitative estimate of drug-likeness (QED) is 0.799. The van der Waals surface area contributed by atoms with Crippen molar-refractivity contribution in [1.82, 2.24) is 4.90 Å². The summed E-state index contributed by atoms with van der Waals surface area (Å²) in [7, 11) is 0. The maximum absolute atomic E-state index is 6.00. The van der Waals surface area contributed by atoms with Gasteiger partial charge in [0.2, 0.25) is 0 Å². The van der Waals surface area contributed by atoms with Crippen LogP contribution in [0.5, 0.6) is 0 Å². The van der Waals surface area contributed by atoms with Crippen molar-refractivity contribution in [2.75, 3.05) is 13.1 Å². The van der Waals surface area contributed by atoms with E-state index in [0.717, 1.165) is 0 Å². The monoisotopic (exact) mass is 196 g/mol. The molecule has 1 aliphatic heterocycles. The van der Waals surface area contributed by atoms with Gasteiger partial charge in [-0.05, 0) is 35.7 Å². The largest absolute Gasteiger partial charge is 0.326 e. The van der Waals surface area contributed by atoms with Gasteiger partial charge in [-0.15, -0.1) is 0 Å². The Hall–Kier alpha value is -0.380. The van der Waals surface area contributed by atoms with E-state index < -0.39 is 0 Å². The topological polar surface area (TPSA) is 29.3 Å². The molecule has 2 heterocycles. The second kappa shape index (κ2) is 3.78. The molecule has 2 unspecified atom stereocenters. The van der Waals surface area contributed by atoms with E-state index in [4.69, 9.17) is 5.73 Å². The van der Waals surface area contributed by atoms with E-state index in [1.807, 2.05) is 0 Å². The Labute approximate surface area is 83.4 Å². The molecule has 13 heavy (non-hydrogen) atoms. The van der Waals surface area contributed by atoms with E-state index in [0.29, 0.717) is 6.04 Å². The van der Waals surface area contributed by atoms with Crippen molar-refractivity contribution in [3.8, 4) is 0 Å². The average molecular weight is 196 g/mol. The summed E-state index contributed by atoms with van der Waals surface area (Å²) in [5.41, 5.74) is 7.39. The third kappa shape index (κ3) is 1.77. The normalized spacial score (nSPS) is 22.3. The molecule has 0 spiro atoms. The van der Waals surface area contributed by atoms with Crippen LogP contribution >= 0.6 is 11.3 Å². The molecule has 1 aromatic heterocycles. The fraction of sp³-hybridized carbons (Fsp3) is 0.600. The molecule has 0 bridgehead atoms. The summed E-state index contributed by atoms with van der Waals surface area (Å²) in [5.74, 6) is 0. The van der Waals surface area contributed by atoms with E-state index in [-0.39, 0.29) is 6.04 Å². The third-order valence-electron chi connectivity index (χ3n) is 2.67. The van der Waals surface area contributed by atoms with Crippen LogP contribution in [0, 0.1) is 0 Å². The van der Waals surface area contributed by atoms with Crippen LogP contribution in [0.3, 0.4) is 0 Å². The Kier molecular flexibility index (Phi) is 2.67. The van der Waals surface area contributed by atoms with Crippen LogP contribution in [0.4, 0.5) is 0 Å². The standard InChI is InChI=1S/C10H16N2S/c1-8(11)10(12-4-2-5-12)9-3-6-13-7-9/h3,6-8,10H,2,4-5,11H2,1H3. The van der Waals surface area contributed by atoms with Gasteiger partial charge in [-0.25, -0.2) is 0 Å². The molecule has 0 aliphatic carbocycles. The zero-order valence-electron chi connectivity index (χ0n) is 7.94. The number of thiophene rings is 1. The number of hydrogen-bond acceptors (Lipinski definition) is 3. The molecule has 1 saturated heterocycles. The van der Waals surface area contributed by atoms with Crippen LogP contribution in [0.25, 0.3) is 0 Å². The lowest BCUT2D eigenvalue weighted by Crippen LogP contribution is -2.46. The Bertz CT molecular complexity index is 252. The molecule has 2 atom stereocenters. The highest BCUT2D eigenvalue weighted by Gasteiger charge is 2.28. The summed E-state index contributed by atoms with van der Waals surface area (Å²) in [6, 6.07) is 2.87. The SMILES string of the molecule is CC(N)C(c1ccsc1)N1CCC1. The minimum Gasteiger partial charge on any atom is -0.326 e. The molecule has 72 valence electrons. The second-order valence-electron chi connectivity index (χ2n) is 3.75. The molecule has 3 heteroatoms. The van der Waals surface area contributed by atoms with Gasteiger partial charge in [0.1, 0.15) is 0 Å². The highest BCUT2D eigenvalue weighted by molar-refractivity contribution is 7.07. The molecular weight excluding hydrogens is 180 g/mol. The summed E-state index contributed by atoms with van der Waals surface area (Å²) in [4.78, 5) is 2.46. The van der Waals surface area contributed by atoms with Crippen molar-refractivity contribution >= 4 is 11.3 Å². The van der Waals surface area contributed by atoms with Gasteiger partial charge < -0.3 is 5.73 Å². The van der Waals surface area contributed by atoms with Gasteiger partial charge in [-0.2, -0.15) is 11.3 Å². The smallest absolute Gasteiger partial charge is 0.0504 e. The van der Waals surface area contributed by atoms with Crippen molar-refractivity contribution in [3.63, 3.8) is 0 Å². The second-order valence-corrected chi connectivity index (χ2v) is 4.53. The predicted molar refractivity (Wildman–Crippen MR) is 56.9 cm³/mol. The lowest BCUT2D eigenvalue weighted by molar-refractivity contribution is 0.104. The molecule has 2 rings (SSSR count). The number of nitrogens with two attached hydrogens (primary N) is 1. The third-order valence-corrected chi connectivity index (χ3v) is 3.37. The van der Waals surface area contributed by atoms with Crippen LogP contribution < -0.4 is 5.73 Å². The van der Waals surface area contributed by atoms with E-state index in [9.17, 15) is 0 Å². The predicted octanol–water partition coefficient (Wildman–Crippen LogP) is 1.84. The van der Waals surface area contributed by atoms with Gasteiger partial charge >= 0.3 is 0 Å². The van der Waals surface area contributed by atoms with Gasteiger partial charge in [0.05, 0.1) is 6.04 Å². The first-order valence-corrected chi connectivity index (χ1v) is 5.75. The number of nitrogens with zero attached hydrogens (tertiary/aromatic N) is 1. The fourth-order valence-electron chi connectivity index (χ4n) is 1.91. The Morgan fingerprint density at radius 1 is 1.54 bits per heavy atom. The van der Waals surface area contributed by atoms with Crippen LogP contribution in [0.1, 0.15) is 24.9 Å². The van der Waals surface area contributed by atoms with Crippen molar-refractivity contribution in [1.29, 1.82) is 0 Å². The first-order chi connectivity index (χ1) is 6.29. The van der Waals surface area contributed by atoms with E-state index in [2.05, 4.69) is 28.7 Å². The first kappa shape index (κ1) is 9.19. The average Bonchev–Trinajstić information content (AvgIpc) is 2.46. The zero-order chi connectivity index (χ0) is 9.26. The van der Waals surface area contributed by atoms with E-state index in [1.165, 1.54) is 25.1 Å². The van der Waals surface area contributed by atoms with Crippen LogP contribution in [-0.2, 0) is 0 Å². The first-order valence-electron chi connectivity index (χ1n) is 4.81. The van der Waals surface area contributed by atoms with Crippen molar-refractivity contribution in [2.24, 2.45) is 5.73 Å². The van der Waals surface area contributed by atoms with Gasteiger partial charge in [0.25, 0.3) is 0 Å². The highest BCUT2D eigenvalue weighted by atomic mass is 32.1. The van der Waals surface area contributed by atoms with Gasteiger partial charge in [0.15, 0.2) is 0 Å². The van der Waals surface area contributed by atoms with Crippen LogP contribution in [0.15, 0.2) is 16.8 Å². The number of rotatable bonds is 3. The summed E-state index contributed by atoms with van der Waals surface area (Å²) in [5, 5.41) is 4.34. The maximum Gasteiger partial charge on any atom is 0.0504 e. The zero-order valence-corrected chi connectivity index (χ0v) is 8.76. The molecule has 2 nitrogen and oxygen atoms in total. The van der Waals surface area contributed by atoms with Gasteiger partial charge in [-0.1, -0.05) is 0 Å². The number of likely N-dealkylation sites (tertiary alicyclic amines) is 1. The molecule has 1 aromatic rings. The van der Waals surface area contributed by atoms with E-state index in [1.54, 1.807) is 11.3 Å². The fourth-order valence-corrected chi connectivity index (χ4v) is 2.60. The van der Waals surface area contributed by atoms with Crippen molar-refractivity contribution < 1.29 is 0 Å². The molecule has 0 aromatic carbocycles. The Balaban J connectivity index is 2.13. The molecule has 1 aliphatic rings. The van der Waals surface area contributed by atoms with E-state index >= 15 is 0 Å². The Morgan fingerprint density at radius 3 is 2.69 bits per heavy atom. The summed E-state index contributed by atoms with van der Waals surface area (Å²) >= 11 is 1.76. The van der Waals surface area contributed by atoms with Crippen molar-refractivity contribution in [2.45, 2.75) is 25.4 Å². The maximum atomic E-state index is 6.00. The van der Waals surface area contributed by atoms with Gasteiger partial charge in [0, 0.05) is 19.1 Å². The molecule has 1 fully saturated rings. The van der Waals surface area contributed by atoms with Crippen LogP contribution in [-0.4, -0.2) is 24.0 Å². The molecule has 2 N–H and O–H groups in total. The van der Waals surface area contributed by atoms with Crippen molar-refractivity contribution in [3.05, 3.63) is 22.4 Å².